The van der Waals surface area contributed by atoms with Gasteiger partial charge in [0.1, 0.15) is 6.17 Å². The lowest BCUT2D eigenvalue weighted by Gasteiger charge is -2.33. The second-order valence-corrected chi connectivity index (χ2v) is 7.01. The molecule has 1 fully saturated rings. The van der Waals surface area contributed by atoms with Gasteiger partial charge in [0.15, 0.2) is 0 Å². The van der Waals surface area contributed by atoms with Gasteiger partial charge >= 0.3 is 0 Å². The molecule has 2 aromatic heterocycles. The van der Waals surface area contributed by atoms with Crippen molar-refractivity contribution in [2.75, 3.05) is 25.5 Å². The Morgan fingerprint density at radius 1 is 1.52 bits per heavy atom. The van der Waals surface area contributed by atoms with E-state index in [1.165, 1.54) is 5.56 Å². The molecule has 3 heterocycles. The molecule has 1 aliphatic heterocycles. The van der Waals surface area contributed by atoms with Gasteiger partial charge in [-0.05, 0) is 32.9 Å². The predicted octanol–water partition coefficient (Wildman–Crippen LogP) is 3.68. The van der Waals surface area contributed by atoms with Crippen LogP contribution in [-0.2, 0) is 6.42 Å². The van der Waals surface area contributed by atoms with Crippen molar-refractivity contribution in [1.29, 1.82) is 0 Å². The number of hydrogen-bond donors (Lipinski definition) is 1. The van der Waals surface area contributed by atoms with E-state index in [0.717, 1.165) is 40.2 Å². The Morgan fingerprint density at radius 2 is 2.35 bits per heavy atom. The number of aryl methyl sites for hydroxylation is 1. The van der Waals surface area contributed by atoms with E-state index >= 15 is 0 Å². The number of halogens is 1. The minimum absolute atomic E-state index is 0.135. The topological polar surface area (TPSA) is 28.2 Å². The fraction of sp³-hybridized carbons (Fsp3) is 0.500. The minimum Gasteiger partial charge on any atom is -0.378 e. The van der Waals surface area contributed by atoms with Crippen LogP contribution in [0.1, 0.15) is 30.7 Å². The summed E-state index contributed by atoms with van der Waals surface area (Å²) in [4.78, 5) is 7.66. The van der Waals surface area contributed by atoms with Gasteiger partial charge in [0.25, 0.3) is 0 Å². The molecule has 3 rings (SSSR count). The van der Waals surface area contributed by atoms with Gasteiger partial charge in [-0.1, -0.05) is 12.8 Å². The third-order valence-corrected chi connectivity index (χ3v) is 5.52. The Morgan fingerprint density at radius 3 is 3.04 bits per heavy atom. The molecule has 0 aromatic carbocycles. The van der Waals surface area contributed by atoms with E-state index in [0.29, 0.717) is 6.54 Å². The van der Waals surface area contributed by atoms with Crippen LogP contribution in [0.4, 0.5) is 10.1 Å². The zero-order chi connectivity index (χ0) is 16.4. The van der Waals surface area contributed by atoms with Crippen molar-refractivity contribution in [2.24, 2.45) is 0 Å². The Bertz CT molecular complexity index is 759. The molecule has 23 heavy (non-hydrogen) atoms. The average Bonchev–Trinajstić information content (AvgIpc) is 2.88. The Hall–Kier alpha value is -1.64. The number of fused-ring (bicyclic) bond motifs is 1. The summed E-state index contributed by atoms with van der Waals surface area (Å²) < 4.78 is 15.4. The van der Waals surface area contributed by atoms with Crippen LogP contribution in [0, 0.1) is 11.8 Å². The van der Waals surface area contributed by atoms with E-state index < -0.39 is 6.17 Å². The predicted molar refractivity (Wildman–Crippen MR) is 96.0 cm³/mol. The Balaban J connectivity index is 1.96. The summed E-state index contributed by atoms with van der Waals surface area (Å²) in [6.07, 6.45) is 2.68. The summed E-state index contributed by atoms with van der Waals surface area (Å²) in [5.74, 6) is 6.16. The maximum absolute atomic E-state index is 14.3. The number of hydrogen-bond acceptors (Lipinski definition) is 4. The second kappa shape index (κ2) is 6.86. The lowest BCUT2D eigenvalue weighted by molar-refractivity contribution is 0.149. The lowest BCUT2D eigenvalue weighted by atomic mass is 10.0. The van der Waals surface area contributed by atoms with Gasteiger partial charge in [0.2, 0.25) is 0 Å². The highest BCUT2D eigenvalue weighted by atomic mass is 32.1. The smallest absolute Gasteiger partial charge is 0.133 e. The number of nitrogens with one attached hydrogen (secondary N) is 1. The van der Waals surface area contributed by atoms with Crippen molar-refractivity contribution >= 4 is 27.2 Å². The van der Waals surface area contributed by atoms with E-state index in [-0.39, 0.29) is 6.04 Å². The average molecular weight is 331 g/mol. The van der Waals surface area contributed by atoms with Crippen LogP contribution in [-0.4, -0.2) is 42.2 Å². The van der Waals surface area contributed by atoms with Crippen LogP contribution in [0.25, 0.3) is 10.2 Å². The highest BCUT2D eigenvalue weighted by Crippen LogP contribution is 2.35. The van der Waals surface area contributed by atoms with E-state index in [2.05, 4.69) is 29.1 Å². The first kappa shape index (κ1) is 16.2. The zero-order valence-corrected chi connectivity index (χ0v) is 14.6. The molecule has 1 aliphatic rings. The maximum atomic E-state index is 14.3. The van der Waals surface area contributed by atoms with Crippen molar-refractivity contribution in [3.8, 4) is 11.8 Å². The number of aromatic nitrogens is 1. The fourth-order valence-corrected chi connectivity index (χ4v) is 4.34. The first-order chi connectivity index (χ1) is 11.1. The first-order valence-electron chi connectivity index (χ1n) is 8.06. The maximum Gasteiger partial charge on any atom is 0.133 e. The summed E-state index contributed by atoms with van der Waals surface area (Å²) in [6, 6.07) is 1.82. The molecule has 0 bridgehead atoms. The summed E-state index contributed by atoms with van der Waals surface area (Å²) in [7, 11) is 1.97. The van der Waals surface area contributed by atoms with Crippen LogP contribution in [0.5, 0.6) is 0 Å². The molecule has 0 aliphatic carbocycles. The number of pyridine rings is 1. The van der Waals surface area contributed by atoms with Gasteiger partial charge in [-0.3, -0.25) is 4.98 Å². The van der Waals surface area contributed by atoms with Gasteiger partial charge in [-0.25, -0.2) is 4.39 Å². The van der Waals surface area contributed by atoms with Gasteiger partial charge in [-0.15, -0.1) is 17.3 Å². The molecule has 3 nitrogen and oxygen atoms in total. The quantitative estimate of drug-likeness (QED) is 0.870. The molecule has 0 amide bonds. The molecular weight excluding hydrogens is 309 g/mol. The second-order valence-electron chi connectivity index (χ2n) is 5.99. The summed E-state index contributed by atoms with van der Waals surface area (Å²) >= 11 is 1.66. The molecule has 5 heteroatoms. The third-order valence-electron chi connectivity index (χ3n) is 4.35. The number of piperidine rings is 1. The third kappa shape index (κ3) is 3.19. The van der Waals surface area contributed by atoms with Crippen LogP contribution >= 0.6 is 11.3 Å². The fourth-order valence-electron chi connectivity index (χ4n) is 3.11. The summed E-state index contributed by atoms with van der Waals surface area (Å²) in [6.45, 7) is 5.38. The number of anilines is 1. The van der Waals surface area contributed by atoms with E-state index in [4.69, 9.17) is 0 Å². The summed E-state index contributed by atoms with van der Waals surface area (Å²) in [5, 5.41) is 3.42. The van der Waals surface area contributed by atoms with E-state index in [9.17, 15) is 4.39 Å². The molecule has 2 unspecified atom stereocenters. The molecule has 1 N–H and O–H groups in total. The summed E-state index contributed by atoms with van der Waals surface area (Å²) in [5.41, 5.74) is 3.18. The molecule has 2 aromatic rings. The van der Waals surface area contributed by atoms with Crippen molar-refractivity contribution in [3.05, 3.63) is 22.7 Å². The molecule has 0 radical (unpaired) electrons. The molecule has 2 atom stereocenters. The largest absolute Gasteiger partial charge is 0.378 e. The van der Waals surface area contributed by atoms with Crippen LogP contribution in [0.15, 0.2) is 12.3 Å². The van der Waals surface area contributed by atoms with Crippen LogP contribution in [0.2, 0.25) is 0 Å². The molecule has 0 spiro atoms. The van der Waals surface area contributed by atoms with Gasteiger partial charge < -0.3 is 10.2 Å². The lowest BCUT2D eigenvalue weighted by Crippen LogP contribution is -2.46. The molecular formula is C18H22FN3S. The van der Waals surface area contributed by atoms with Crippen molar-refractivity contribution in [3.63, 3.8) is 0 Å². The number of rotatable bonds is 3. The standard InChI is InChI=1S/C18H22FN3S/c1-4-6-16-12(5-2)17-18(23-16)15(7-9-20-17)21-14-8-10-22(3)11-13(14)19/h7,9,13-14H,5,8,10-11H2,1-3H3,(H,20,21). The minimum atomic E-state index is -0.850. The van der Waals surface area contributed by atoms with Gasteiger partial charge in [-0.2, -0.15) is 0 Å². The highest BCUT2D eigenvalue weighted by molar-refractivity contribution is 7.20. The monoisotopic (exact) mass is 331 g/mol. The number of nitrogens with zero attached hydrogens (tertiary/aromatic N) is 2. The molecule has 1 saturated heterocycles. The first-order valence-corrected chi connectivity index (χ1v) is 8.88. The number of alkyl halides is 1. The molecule has 122 valence electrons. The normalized spacial score (nSPS) is 21.9. The van der Waals surface area contributed by atoms with Gasteiger partial charge in [0.05, 0.1) is 26.8 Å². The van der Waals surface area contributed by atoms with E-state index in [1.54, 1.807) is 11.3 Å². The van der Waals surface area contributed by atoms with Crippen molar-refractivity contribution in [2.45, 2.75) is 38.9 Å². The van der Waals surface area contributed by atoms with Crippen LogP contribution < -0.4 is 5.32 Å². The molecule has 0 saturated carbocycles. The van der Waals surface area contributed by atoms with Crippen molar-refractivity contribution < 1.29 is 4.39 Å². The highest BCUT2D eigenvalue weighted by Gasteiger charge is 2.28. The van der Waals surface area contributed by atoms with Gasteiger partial charge in [0, 0.05) is 24.8 Å². The zero-order valence-electron chi connectivity index (χ0n) is 13.8. The Kier molecular flexibility index (Phi) is 4.84. The van der Waals surface area contributed by atoms with Crippen LogP contribution in [0.3, 0.4) is 0 Å². The van der Waals surface area contributed by atoms with Crippen molar-refractivity contribution in [1.82, 2.24) is 9.88 Å². The Labute approximate surface area is 140 Å². The number of thiophene rings is 1. The number of likely N-dealkylation sites (tertiary alicyclic amines) is 1. The van der Waals surface area contributed by atoms with E-state index in [1.807, 2.05) is 31.1 Å². The SMILES string of the molecule is CC#Cc1sc2c(NC3CCN(C)CC3F)ccnc2c1CC.